The number of nitrogens with one attached hydrogen (secondary N) is 1. The Balaban J connectivity index is 1.62. The second-order valence-corrected chi connectivity index (χ2v) is 6.76. The molecular formula is C18H24ClN5. The molecule has 1 aliphatic rings. The standard InChI is InChI=1S/C18H24ClN5/c1-4-20-18(23(2)11-13-10-21-24(3)12-13)22-17-9-16(17)14-6-5-7-15(19)8-14/h5-8,10,12,16-17H,4,9,11H2,1-3H3,(H,20,22). The smallest absolute Gasteiger partial charge is 0.194 e. The first-order valence-corrected chi connectivity index (χ1v) is 8.69. The van der Waals surface area contributed by atoms with Gasteiger partial charge in [0.15, 0.2) is 5.96 Å². The normalized spacial score (nSPS) is 20.1. The van der Waals surface area contributed by atoms with Crippen LogP contribution in [0.5, 0.6) is 0 Å². The molecule has 0 bridgehead atoms. The van der Waals surface area contributed by atoms with E-state index in [1.807, 2.05) is 36.3 Å². The summed E-state index contributed by atoms with van der Waals surface area (Å²) in [6.07, 6.45) is 5.04. The highest BCUT2D eigenvalue weighted by atomic mass is 35.5. The van der Waals surface area contributed by atoms with E-state index in [-0.39, 0.29) is 0 Å². The molecule has 1 heterocycles. The van der Waals surface area contributed by atoms with Gasteiger partial charge in [-0.15, -0.1) is 0 Å². The Morgan fingerprint density at radius 2 is 2.33 bits per heavy atom. The first kappa shape index (κ1) is 16.8. The molecule has 2 aromatic rings. The highest BCUT2D eigenvalue weighted by Crippen LogP contribution is 2.41. The number of hydrogen-bond donors (Lipinski definition) is 1. The van der Waals surface area contributed by atoms with Gasteiger partial charge < -0.3 is 10.2 Å². The van der Waals surface area contributed by atoms with E-state index < -0.39 is 0 Å². The van der Waals surface area contributed by atoms with Crippen LogP contribution >= 0.6 is 11.6 Å². The van der Waals surface area contributed by atoms with Crippen LogP contribution in [0.1, 0.15) is 30.4 Å². The maximum atomic E-state index is 6.10. The summed E-state index contributed by atoms with van der Waals surface area (Å²) in [5, 5.41) is 8.62. The van der Waals surface area contributed by atoms with Crippen LogP contribution < -0.4 is 5.32 Å². The van der Waals surface area contributed by atoms with E-state index in [0.29, 0.717) is 12.0 Å². The molecule has 6 heteroatoms. The van der Waals surface area contributed by atoms with E-state index in [1.165, 1.54) is 11.1 Å². The van der Waals surface area contributed by atoms with Crippen LogP contribution in [-0.2, 0) is 13.6 Å². The Labute approximate surface area is 148 Å². The summed E-state index contributed by atoms with van der Waals surface area (Å²) in [6, 6.07) is 8.56. The molecule has 1 aromatic heterocycles. The van der Waals surface area contributed by atoms with Gasteiger partial charge in [0.1, 0.15) is 0 Å². The predicted molar refractivity (Wildman–Crippen MR) is 98.4 cm³/mol. The summed E-state index contributed by atoms with van der Waals surface area (Å²) in [5.41, 5.74) is 2.47. The van der Waals surface area contributed by atoms with E-state index in [2.05, 4.69) is 46.4 Å². The van der Waals surface area contributed by atoms with Gasteiger partial charge in [-0.2, -0.15) is 5.10 Å². The quantitative estimate of drug-likeness (QED) is 0.669. The van der Waals surface area contributed by atoms with Crippen molar-refractivity contribution < 1.29 is 0 Å². The number of halogens is 1. The number of aliphatic imine (C=N–C) groups is 1. The number of benzene rings is 1. The molecule has 1 N–H and O–H groups in total. The fourth-order valence-corrected chi connectivity index (χ4v) is 3.15. The summed E-state index contributed by atoms with van der Waals surface area (Å²) in [5.74, 6) is 1.45. The highest BCUT2D eigenvalue weighted by molar-refractivity contribution is 6.30. The van der Waals surface area contributed by atoms with Gasteiger partial charge in [0.05, 0.1) is 6.20 Å². The van der Waals surface area contributed by atoms with Crippen LogP contribution in [-0.4, -0.2) is 40.3 Å². The van der Waals surface area contributed by atoms with Crippen LogP contribution in [0.4, 0.5) is 0 Å². The zero-order valence-electron chi connectivity index (χ0n) is 14.4. The molecule has 0 saturated heterocycles. The topological polar surface area (TPSA) is 45.5 Å². The average Bonchev–Trinajstić information content (AvgIpc) is 3.20. The van der Waals surface area contributed by atoms with Gasteiger partial charge in [0, 0.05) is 55.9 Å². The third-order valence-corrected chi connectivity index (χ3v) is 4.46. The first-order valence-electron chi connectivity index (χ1n) is 8.32. The van der Waals surface area contributed by atoms with Gasteiger partial charge in [0.25, 0.3) is 0 Å². The lowest BCUT2D eigenvalue weighted by Crippen LogP contribution is -2.40. The van der Waals surface area contributed by atoms with Crippen molar-refractivity contribution >= 4 is 17.6 Å². The molecular weight excluding hydrogens is 322 g/mol. The van der Waals surface area contributed by atoms with Crippen molar-refractivity contribution in [3.63, 3.8) is 0 Å². The molecule has 1 saturated carbocycles. The van der Waals surface area contributed by atoms with Crippen LogP contribution in [0.25, 0.3) is 0 Å². The molecule has 0 amide bonds. The molecule has 1 aliphatic carbocycles. The van der Waals surface area contributed by atoms with Crippen molar-refractivity contribution in [1.29, 1.82) is 0 Å². The Bertz CT molecular complexity index is 724. The minimum Gasteiger partial charge on any atom is -0.353 e. The van der Waals surface area contributed by atoms with E-state index >= 15 is 0 Å². The van der Waals surface area contributed by atoms with Crippen LogP contribution in [0.3, 0.4) is 0 Å². The maximum Gasteiger partial charge on any atom is 0.194 e. The minimum absolute atomic E-state index is 0.421. The van der Waals surface area contributed by atoms with Crippen molar-refractivity contribution in [2.24, 2.45) is 12.0 Å². The van der Waals surface area contributed by atoms with E-state index in [1.54, 1.807) is 0 Å². The molecule has 1 aromatic carbocycles. The van der Waals surface area contributed by atoms with Gasteiger partial charge in [-0.05, 0) is 31.0 Å². The van der Waals surface area contributed by atoms with Gasteiger partial charge in [0.2, 0.25) is 0 Å². The third-order valence-electron chi connectivity index (χ3n) is 4.23. The molecule has 0 spiro atoms. The second kappa shape index (κ2) is 7.26. The first-order chi connectivity index (χ1) is 11.6. The Morgan fingerprint density at radius 1 is 1.50 bits per heavy atom. The summed E-state index contributed by atoms with van der Waals surface area (Å²) in [4.78, 5) is 6.78. The molecule has 0 radical (unpaired) electrons. The van der Waals surface area contributed by atoms with Crippen molar-refractivity contribution in [1.82, 2.24) is 20.0 Å². The number of guanidine groups is 1. The Hall–Kier alpha value is -2.01. The van der Waals surface area contributed by atoms with Gasteiger partial charge in [-0.1, -0.05) is 23.7 Å². The molecule has 1 fully saturated rings. The molecule has 24 heavy (non-hydrogen) atoms. The average molecular weight is 346 g/mol. The largest absolute Gasteiger partial charge is 0.353 e. The molecule has 3 rings (SSSR count). The molecule has 2 unspecified atom stereocenters. The fraction of sp³-hybridized carbons (Fsp3) is 0.444. The molecule has 0 aliphatic heterocycles. The molecule has 5 nitrogen and oxygen atoms in total. The highest BCUT2D eigenvalue weighted by Gasteiger charge is 2.39. The van der Waals surface area contributed by atoms with Gasteiger partial charge in [-0.25, -0.2) is 0 Å². The summed E-state index contributed by atoms with van der Waals surface area (Å²) < 4.78 is 1.82. The Morgan fingerprint density at radius 3 is 3.00 bits per heavy atom. The summed E-state index contributed by atoms with van der Waals surface area (Å²) in [6.45, 7) is 3.60. The number of aryl methyl sites for hydroxylation is 1. The minimum atomic E-state index is 0.421. The van der Waals surface area contributed by atoms with Crippen LogP contribution in [0, 0.1) is 0 Å². The monoisotopic (exact) mass is 345 g/mol. The summed E-state index contributed by atoms with van der Waals surface area (Å²) >= 11 is 6.10. The van der Waals surface area contributed by atoms with E-state index in [4.69, 9.17) is 11.6 Å². The van der Waals surface area contributed by atoms with Gasteiger partial charge >= 0.3 is 0 Å². The van der Waals surface area contributed by atoms with E-state index in [0.717, 1.165) is 30.5 Å². The van der Waals surface area contributed by atoms with Gasteiger partial charge in [-0.3, -0.25) is 9.67 Å². The summed E-state index contributed by atoms with van der Waals surface area (Å²) in [7, 11) is 3.99. The Kier molecular flexibility index (Phi) is 5.09. The maximum absolute atomic E-state index is 6.10. The van der Waals surface area contributed by atoms with Crippen molar-refractivity contribution in [3.05, 3.63) is 52.8 Å². The third kappa shape index (κ3) is 4.09. The lowest BCUT2D eigenvalue weighted by atomic mass is 10.1. The van der Waals surface area contributed by atoms with Crippen LogP contribution in [0.15, 0.2) is 41.7 Å². The number of aromatic nitrogens is 2. The molecule has 2 atom stereocenters. The lowest BCUT2D eigenvalue weighted by Gasteiger charge is -2.22. The van der Waals surface area contributed by atoms with Crippen molar-refractivity contribution in [2.45, 2.75) is 31.8 Å². The van der Waals surface area contributed by atoms with Crippen molar-refractivity contribution in [3.8, 4) is 0 Å². The molecule has 128 valence electrons. The number of rotatable bonds is 5. The fourth-order valence-electron chi connectivity index (χ4n) is 2.95. The zero-order chi connectivity index (χ0) is 17.1. The lowest BCUT2D eigenvalue weighted by molar-refractivity contribution is 0.474. The second-order valence-electron chi connectivity index (χ2n) is 6.32. The SMILES string of the molecule is CCN=C(NC1CC1c1cccc(Cl)c1)N(C)Cc1cnn(C)c1. The zero-order valence-corrected chi connectivity index (χ0v) is 15.2. The van der Waals surface area contributed by atoms with Crippen LogP contribution in [0.2, 0.25) is 5.02 Å². The number of hydrogen-bond acceptors (Lipinski definition) is 2. The number of nitrogens with zero attached hydrogens (tertiary/aromatic N) is 4. The van der Waals surface area contributed by atoms with Crippen molar-refractivity contribution in [2.75, 3.05) is 13.6 Å². The predicted octanol–water partition coefficient (Wildman–Crippen LogP) is 3.03. The van der Waals surface area contributed by atoms with E-state index in [9.17, 15) is 0 Å².